The van der Waals surface area contributed by atoms with Crippen molar-refractivity contribution < 1.29 is 48.1 Å². The summed E-state index contributed by atoms with van der Waals surface area (Å²) in [6.45, 7) is 8.63. The maximum atomic E-state index is 2.99. The van der Waals surface area contributed by atoms with Crippen LogP contribution in [-0.4, -0.2) is 5.43 Å². The van der Waals surface area contributed by atoms with Gasteiger partial charge in [0.15, 0.2) is 0 Å². The Morgan fingerprint density at radius 2 is 1.13 bits per heavy atom. The van der Waals surface area contributed by atoms with Crippen LogP contribution in [0.25, 0.3) is 21.5 Å². The molecule has 0 N–H and O–H groups in total. The number of hydrogen-bond donors (Lipinski definition) is 0. The van der Waals surface area contributed by atoms with Crippen LogP contribution in [0.4, 0.5) is 0 Å². The van der Waals surface area contributed by atoms with Crippen molar-refractivity contribution in [2.24, 2.45) is 0 Å². The summed E-state index contributed by atoms with van der Waals surface area (Å²) in [5.74, 6) is 0. The largest absolute Gasteiger partial charge is 1.00 e. The first-order valence-corrected chi connectivity index (χ1v) is 17.6. The van der Waals surface area contributed by atoms with Gasteiger partial charge in [-0.05, 0) is 13.8 Å². The average molecular weight is 631 g/mol. The molecule has 0 heterocycles. The van der Waals surface area contributed by atoms with Gasteiger partial charge in [-0.15, -0.1) is 46.2 Å². The maximum absolute atomic E-state index is 2.99. The van der Waals surface area contributed by atoms with Gasteiger partial charge in [0.25, 0.3) is 0 Å². The molecule has 0 nitrogen and oxygen atoms in total. The zero-order valence-corrected chi connectivity index (χ0v) is 27.3. The van der Waals surface area contributed by atoms with Gasteiger partial charge < -0.3 is 24.8 Å². The molecule has 0 aromatic heterocycles. The van der Waals surface area contributed by atoms with Crippen LogP contribution in [0, 0.1) is 33.8 Å². The second-order valence-electron chi connectivity index (χ2n) is 9.44. The van der Waals surface area contributed by atoms with Crippen molar-refractivity contribution in [3.63, 3.8) is 0 Å². The van der Waals surface area contributed by atoms with Gasteiger partial charge in [0.2, 0.25) is 0 Å². The molecule has 0 bridgehead atoms. The molecule has 1 aliphatic carbocycles. The van der Waals surface area contributed by atoms with E-state index >= 15 is 0 Å². The molecule has 38 heavy (non-hydrogen) atoms. The monoisotopic (exact) mass is 628 g/mol. The Kier molecular flexibility index (Phi) is 13.1. The SMILES string of the molecule is Cc1ccc2c(c1)[cH-]c1cc(C)ccc12.Cc1cccc([Si](=[Zr+2])c2cccc(C)c2)c1.[C-]1=CC=CC1.[Cl-].[Cl-]. The predicted molar refractivity (Wildman–Crippen MR) is 155 cm³/mol. The van der Waals surface area contributed by atoms with Gasteiger partial charge in [0, 0.05) is 0 Å². The normalized spacial score (nSPS) is 11.1. The first-order chi connectivity index (χ1) is 17.4. The second-order valence-corrected chi connectivity index (χ2v) is 15.0. The summed E-state index contributed by atoms with van der Waals surface area (Å²) in [6.07, 6.45) is 10.0. The fourth-order valence-corrected chi connectivity index (χ4v) is 8.27. The predicted octanol–water partition coefficient (Wildman–Crippen LogP) is 1.60. The van der Waals surface area contributed by atoms with E-state index in [4.69, 9.17) is 0 Å². The summed E-state index contributed by atoms with van der Waals surface area (Å²) in [5, 5.41) is 8.53. The van der Waals surface area contributed by atoms with Crippen molar-refractivity contribution >= 4 is 37.4 Å². The summed E-state index contributed by atoms with van der Waals surface area (Å²) in [4.78, 5) is 0. The number of fused-ring (bicyclic) bond motifs is 3. The van der Waals surface area contributed by atoms with Crippen LogP contribution in [0.1, 0.15) is 28.7 Å². The van der Waals surface area contributed by atoms with Crippen molar-refractivity contribution in [2.45, 2.75) is 34.1 Å². The first-order valence-electron chi connectivity index (χ1n) is 12.4. The Labute approximate surface area is 255 Å². The molecule has 5 aromatic rings. The molecule has 0 radical (unpaired) electrons. The average Bonchev–Trinajstić information content (AvgIpc) is 3.55. The van der Waals surface area contributed by atoms with E-state index in [-0.39, 0.29) is 24.8 Å². The van der Waals surface area contributed by atoms with E-state index in [1.165, 1.54) is 54.2 Å². The smallest absolute Gasteiger partial charge is 0.109 e. The Morgan fingerprint density at radius 3 is 1.50 bits per heavy atom. The summed E-state index contributed by atoms with van der Waals surface area (Å²) in [5.41, 5.74) is 4.90. The van der Waals surface area contributed by atoms with Crippen molar-refractivity contribution in [3.05, 3.63) is 138 Å². The molecule has 0 atom stereocenters. The van der Waals surface area contributed by atoms with Crippen LogP contribution >= 0.6 is 0 Å². The summed E-state index contributed by atoms with van der Waals surface area (Å²) < 4.78 is 0. The maximum Gasteiger partial charge on any atom is -0.109 e. The van der Waals surface area contributed by atoms with Crippen LogP contribution < -0.4 is 35.2 Å². The number of halogens is 2. The minimum atomic E-state index is -0.499. The number of hydrogen-bond acceptors (Lipinski definition) is 0. The van der Waals surface area contributed by atoms with Crippen LogP contribution in [0.5, 0.6) is 0 Å². The van der Waals surface area contributed by atoms with Gasteiger partial charge in [-0.25, -0.2) is 12.2 Å². The van der Waals surface area contributed by atoms with Crippen molar-refractivity contribution in [3.8, 4) is 0 Å². The van der Waals surface area contributed by atoms with Gasteiger partial charge in [0.05, 0.1) is 0 Å². The van der Waals surface area contributed by atoms with Crippen LogP contribution in [-0.2, 0) is 23.3 Å². The quantitative estimate of drug-likeness (QED) is 0.206. The Hall–Kier alpha value is -2.09. The Balaban J connectivity index is 0.000000216. The molecule has 4 heteroatoms. The number of rotatable bonds is 2. The van der Waals surface area contributed by atoms with E-state index in [1.54, 1.807) is 23.3 Å². The van der Waals surface area contributed by atoms with E-state index in [0.29, 0.717) is 0 Å². The molecule has 1 aliphatic rings. The van der Waals surface area contributed by atoms with Gasteiger partial charge >= 0.3 is 113 Å². The van der Waals surface area contributed by atoms with Crippen molar-refractivity contribution in [1.82, 2.24) is 0 Å². The molecule has 192 valence electrons. The number of aryl methyl sites for hydroxylation is 4. The Morgan fingerprint density at radius 1 is 0.658 bits per heavy atom. The van der Waals surface area contributed by atoms with Crippen LogP contribution in [0.2, 0.25) is 0 Å². The van der Waals surface area contributed by atoms with E-state index in [2.05, 4.69) is 131 Å². The minimum absolute atomic E-state index is 0. The van der Waals surface area contributed by atoms with Gasteiger partial charge in [0.1, 0.15) is 0 Å². The van der Waals surface area contributed by atoms with Crippen molar-refractivity contribution in [1.29, 1.82) is 0 Å². The third-order valence-corrected chi connectivity index (χ3v) is 12.2. The zero-order valence-electron chi connectivity index (χ0n) is 22.4. The molecular weight excluding hydrogens is 599 g/mol. The molecular formula is C34H32Cl2SiZr-2. The van der Waals surface area contributed by atoms with Crippen LogP contribution in [0.15, 0.2) is 109 Å². The summed E-state index contributed by atoms with van der Waals surface area (Å²) in [6, 6.07) is 33.5. The van der Waals surface area contributed by atoms with Gasteiger partial charge in [-0.2, -0.15) is 6.08 Å². The molecule has 0 unspecified atom stereocenters. The fourth-order valence-electron chi connectivity index (χ4n) is 4.37. The number of allylic oxidation sites excluding steroid dienone is 4. The molecule has 0 saturated carbocycles. The third-order valence-electron chi connectivity index (χ3n) is 6.21. The zero-order chi connectivity index (χ0) is 25.5. The van der Waals surface area contributed by atoms with E-state index in [1.807, 2.05) is 12.2 Å². The van der Waals surface area contributed by atoms with Crippen LogP contribution in [0.3, 0.4) is 0 Å². The molecule has 0 fully saturated rings. The third kappa shape index (κ3) is 8.72. The van der Waals surface area contributed by atoms with Crippen molar-refractivity contribution in [2.75, 3.05) is 0 Å². The molecule has 5 aromatic carbocycles. The Bertz CT molecular complexity index is 1460. The topological polar surface area (TPSA) is 0 Å². The van der Waals surface area contributed by atoms with Gasteiger partial charge in [-0.1, -0.05) is 35.4 Å². The van der Waals surface area contributed by atoms with E-state index in [9.17, 15) is 0 Å². The molecule has 0 aliphatic heterocycles. The number of benzene rings is 4. The fraction of sp³-hybridized carbons (Fsp3) is 0.147. The van der Waals surface area contributed by atoms with E-state index < -0.39 is 5.43 Å². The van der Waals surface area contributed by atoms with Gasteiger partial charge in [-0.3, -0.25) is 6.08 Å². The minimum Gasteiger partial charge on any atom is -1.00 e. The molecule has 0 saturated heterocycles. The molecule has 0 spiro atoms. The van der Waals surface area contributed by atoms with E-state index in [0.717, 1.165) is 6.42 Å². The second kappa shape index (κ2) is 15.5. The molecule has 6 rings (SSSR count). The molecule has 0 amide bonds. The first kappa shape index (κ1) is 32.1. The summed E-state index contributed by atoms with van der Waals surface area (Å²) >= 11 is 1.65. The standard InChI is InChI=1S/C15H13.C14H14Si.C5H5.2ClH.Zr/c1-10-3-5-14-12(7-10)9-13-8-11(2)4-6-15(13)14;1-11-5-3-7-13(9-11)15-14-8-4-6-12(2)10-14;1-2-4-5-3-1;;;/h3-9H,1-2H3;3-10H,1-2H3;1-3H,4H2;2*1H;/q-1;;-1;;;+2/p-2. The summed E-state index contributed by atoms with van der Waals surface area (Å²) in [7, 11) is 0.